The quantitative estimate of drug-likeness (QED) is 0.934. The van der Waals surface area contributed by atoms with Crippen molar-refractivity contribution in [3.63, 3.8) is 0 Å². The van der Waals surface area contributed by atoms with Gasteiger partial charge in [0, 0.05) is 16.1 Å². The van der Waals surface area contributed by atoms with Crippen LogP contribution in [0.1, 0.15) is 18.9 Å². The van der Waals surface area contributed by atoms with Crippen LogP contribution in [-0.4, -0.2) is 12.8 Å². The molecule has 0 saturated carbocycles. The highest BCUT2D eigenvalue weighted by atomic mass is 79.9. The van der Waals surface area contributed by atoms with Gasteiger partial charge in [-0.1, -0.05) is 22.9 Å². The van der Waals surface area contributed by atoms with Gasteiger partial charge in [-0.15, -0.1) is 12.4 Å². The molecule has 0 aromatic heterocycles. The fraction of sp³-hybridized carbons (Fsp3) is 0.455. The SMILES string of the molecule is CCC(N)Cc1c(Br)ccc2c1OCO2.Cl. The lowest BCUT2D eigenvalue weighted by molar-refractivity contribution is 0.173. The lowest BCUT2D eigenvalue weighted by Crippen LogP contribution is -2.21. The maximum atomic E-state index is 5.95. The number of ether oxygens (including phenoxy) is 2. The van der Waals surface area contributed by atoms with Crippen LogP contribution in [0, 0.1) is 0 Å². The number of fused-ring (bicyclic) bond motifs is 1. The second-order valence-electron chi connectivity index (χ2n) is 3.63. The highest BCUT2D eigenvalue weighted by molar-refractivity contribution is 9.10. The van der Waals surface area contributed by atoms with Crippen molar-refractivity contribution >= 4 is 28.3 Å². The molecular formula is C11H15BrClNO2. The fourth-order valence-corrected chi connectivity index (χ4v) is 2.08. The van der Waals surface area contributed by atoms with Gasteiger partial charge in [0.1, 0.15) is 0 Å². The molecule has 1 aromatic carbocycles. The Bertz CT molecular complexity index is 373. The van der Waals surface area contributed by atoms with E-state index in [4.69, 9.17) is 15.2 Å². The van der Waals surface area contributed by atoms with Gasteiger partial charge in [0.15, 0.2) is 11.5 Å². The van der Waals surface area contributed by atoms with Gasteiger partial charge in [-0.2, -0.15) is 0 Å². The predicted octanol–water partition coefficient (Wildman–Crippen LogP) is 2.88. The van der Waals surface area contributed by atoms with Gasteiger partial charge in [-0.25, -0.2) is 0 Å². The number of rotatable bonds is 3. The standard InChI is InChI=1S/C11H14BrNO2.ClH/c1-2-7(13)5-8-9(12)3-4-10-11(8)15-6-14-10;/h3-4,7H,2,5-6,13H2,1H3;1H. The van der Waals surface area contributed by atoms with Gasteiger partial charge in [0.25, 0.3) is 0 Å². The maximum Gasteiger partial charge on any atom is 0.231 e. The van der Waals surface area contributed by atoms with E-state index in [1.54, 1.807) is 0 Å². The zero-order chi connectivity index (χ0) is 10.8. The third-order valence-corrected chi connectivity index (χ3v) is 3.32. The average Bonchev–Trinajstić information content (AvgIpc) is 2.70. The topological polar surface area (TPSA) is 44.5 Å². The van der Waals surface area contributed by atoms with Crippen LogP contribution in [0.15, 0.2) is 16.6 Å². The Balaban J connectivity index is 0.00000128. The van der Waals surface area contributed by atoms with Crippen molar-refractivity contribution in [2.75, 3.05) is 6.79 Å². The van der Waals surface area contributed by atoms with E-state index in [2.05, 4.69) is 22.9 Å². The van der Waals surface area contributed by atoms with Crippen molar-refractivity contribution < 1.29 is 9.47 Å². The molecule has 0 fully saturated rings. The molecule has 5 heteroatoms. The Morgan fingerprint density at radius 3 is 2.88 bits per heavy atom. The maximum absolute atomic E-state index is 5.95. The summed E-state index contributed by atoms with van der Waals surface area (Å²) in [6.45, 7) is 2.39. The van der Waals surface area contributed by atoms with E-state index in [1.165, 1.54) is 0 Å². The first-order valence-electron chi connectivity index (χ1n) is 5.05. The summed E-state index contributed by atoms with van der Waals surface area (Å²) in [5.74, 6) is 1.66. The third kappa shape index (κ3) is 2.62. The number of hydrogen-bond acceptors (Lipinski definition) is 3. The Morgan fingerprint density at radius 2 is 2.19 bits per heavy atom. The van der Waals surface area contributed by atoms with Crippen molar-refractivity contribution in [3.8, 4) is 11.5 Å². The summed E-state index contributed by atoms with van der Waals surface area (Å²) in [5.41, 5.74) is 7.06. The summed E-state index contributed by atoms with van der Waals surface area (Å²) in [5, 5.41) is 0. The number of hydrogen-bond donors (Lipinski definition) is 1. The molecule has 16 heavy (non-hydrogen) atoms. The molecule has 3 nitrogen and oxygen atoms in total. The van der Waals surface area contributed by atoms with Gasteiger partial charge >= 0.3 is 0 Å². The Morgan fingerprint density at radius 1 is 1.44 bits per heavy atom. The van der Waals surface area contributed by atoms with E-state index in [0.717, 1.165) is 34.4 Å². The van der Waals surface area contributed by atoms with E-state index in [-0.39, 0.29) is 18.4 Å². The monoisotopic (exact) mass is 307 g/mol. The fourth-order valence-electron chi connectivity index (χ4n) is 1.60. The van der Waals surface area contributed by atoms with Crippen LogP contribution < -0.4 is 15.2 Å². The van der Waals surface area contributed by atoms with Crippen LogP contribution in [0.2, 0.25) is 0 Å². The van der Waals surface area contributed by atoms with E-state index in [0.29, 0.717) is 6.79 Å². The van der Waals surface area contributed by atoms with Gasteiger partial charge in [0.05, 0.1) is 0 Å². The minimum absolute atomic E-state index is 0. The zero-order valence-electron chi connectivity index (χ0n) is 9.03. The van der Waals surface area contributed by atoms with Crippen LogP contribution in [-0.2, 0) is 6.42 Å². The lowest BCUT2D eigenvalue weighted by Gasteiger charge is -2.12. The molecule has 1 atom stereocenters. The summed E-state index contributed by atoms with van der Waals surface area (Å²) in [6, 6.07) is 4.05. The lowest BCUT2D eigenvalue weighted by atomic mass is 10.0. The normalized spacial score (nSPS) is 14.4. The van der Waals surface area contributed by atoms with Gasteiger partial charge in [-0.3, -0.25) is 0 Å². The highest BCUT2D eigenvalue weighted by Gasteiger charge is 2.20. The molecule has 0 saturated heterocycles. The predicted molar refractivity (Wildman–Crippen MR) is 69.5 cm³/mol. The third-order valence-electron chi connectivity index (χ3n) is 2.58. The summed E-state index contributed by atoms with van der Waals surface area (Å²) in [7, 11) is 0. The first-order chi connectivity index (χ1) is 7.22. The molecular weight excluding hydrogens is 293 g/mol. The summed E-state index contributed by atoms with van der Waals surface area (Å²) < 4.78 is 11.8. The molecule has 2 N–H and O–H groups in total. The molecule has 1 aromatic rings. The molecule has 1 heterocycles. The van der Waals surface area contributed by atoms with Crippen LogP contribution in [0.25, 0.3) is 0 Å². The Hall–Kier alpha value is -0.450. The second kappa shape index (κ2) is 5.75. The first kappa shape index (κ1) is 13.6. The summed E-state index contributed by atoms with van der Waals surface area (Å²) in [6.07, 6.45) is 1.76. The van der Waals surface area contributed by atoms with Crippen LogP contribution in [0.4, 0.5) is 0 Å². The highest BCUT2D eigenvalue weighted by Crippen LogP contribution is 2.40. The molecule has 0 spiro atoms. The number of benzene rings is 1. The van der Waals surface area contributed by atoms with Crippen molar-refractivity contribution in [2.45, 2.75) is 25.8 Å². The minimum atomic E-state index is 0. The zero-order valence-corrected chi connectivity index (χ0v) is 11.4. The average molecular weight is 309 g/mol. The Labute approximate surface area is 110 Å². The van der Waals surface area contributed by atoms with E-state index in [9.17, 15) is 0 Å². The van der Waals surface area contributed by atoms with Crippen molar-refractivity contribution in [1.82, 2.24) is 0 Å². The molecule has 1 unspecified atom stereocenters. The molecule has 1 aliphatic rings. The molecule has 0 aliphatic carbocycles. The molecule has 90 valence electrons. The summed E-state index contributed by atoms with van der Waals surface area (Å²) in [4.78, 5) is 0. The number of nitrogens with two attached hydrogens (primary N) is 1. The molecule has 2 rings (SSSR count). The molecule has 0 bridgehead atoms. The Kier molecular flexibility index (Phi) is 4.89. The van der Waals surface area contributed by atoms with E-state index >= 15 is 0 Å². The number of halogens is 2. The minimum Gasteiger partial charge on any atom is -0.454 e. The van der Waals surface area contributed by atoms with E-state index < -0.39 is 0 Å². The molecule has 0 radical (unpaired) electrons. The van der Waals surface area contributed by atoms with Gasteiger partial charge in [0.2, 0.25) is 6.79 Å². The second-order valence-corrected chi connectivity index (χ2v) is 4.49. The molecule has 0 amide bonds. The smallest absolute Gasteiger partial charge is 0.231 e. The first-order valence-corrected chi connectivity index (χ1v) is 5.84. The molecule has 1 aliphatic heterocycles. The van der Waals surface area contributed by atoms with Crippen molar-refractivity contribution in [1.29, 1.82) is 0 Å². The van der Waals surface area contributed by atoms with Gasteiger partial charge in [-0.05, 0) is 25.0 Å². The largest absolute Gasteiger partial charge is 0.454 e. The van der Waals surface area contributed by atoms with Crippen LogP contribution in [0.5, 0.6) is 11.5 Å². The van der Waals surface area contributed by atoms with E-state index in [1.807, 2.05) is 12.1 Å². The summed E-state index contributed by atoms with van der Waals surface area (Å²) >= 11 is 3.52. The van der Waals surface area contributed by atoms with Crippen molar-refractivity contribution in [3.05, 3.63) is 22.2 Å². The van der Waals surface area contributed by atoms with Crippen molar-refractivity contribution in [2.24, 2.45) is 5.73 Å². The van der Waals surface area contributed by atoms with Crippen LogP contribution >= 0.6 is 28.3 Å². The van der Waals surface area contributed by atoms with Crippen LogP contribution in [0.3, 0.4) is 0 Å². The van der Waals surface area contributed by atoms with Gasteiger partial charge < -0.3 is 15.2 Å².